The first-order valence-corrected chi connectivity index (χ1v) is 7.86. The molecule has 0 bridgehead atoms. The molecule has 2 rings (SSSR count). The minimum Gasteiger partial charge on any atom is -0.493 e. The summed E-state index contributed by atoms with van der Waals surface area (Å²) in [6.45, 7) is 4.30. The normalized spacial score (nSPS) is 10.5. The van der Waals surface area contributed by atoms with Crippen molar-refractivity contribution < 1.29 is 9.47 Å². The van der Waals surface area contributed by atoms with E-state index in [0.29, 0.717) is 23.1 Å². The Morgan fingerprint density at radius 2 is 1.86 bits per heavy atom. The van der Waals surface area contributed by atoms with Crippen LogP contribution in [0.3, 0.4) is 0 Å². The van der Waals surface area contributed by atoms with Crippen molar-refractivity contribution in [2.75, 3.05) is 20.3 Å². The molecule has 0 heterocycles. The van der Waals surface area contributed by atoms with Crippen molar-refractivity contribution in [1.82, 2.24) is 5.32 Å². The molecule has 0 fully saturated rings. The molecule has 2 aromatic rings. The average Bonchev–Trinajstić information content (AvgIpc) is 2.55. The van der Waals surface area contributed by atoms with E-state index in [-0.39, 0.29) is 0 Å². The summed E-state index contributed by atoms with van der Waals surface area (Å²) in [4.78, 5) is 0. The third-order valence-corrected chi connectivity index (χ3v) is 3.63. The van der Waals surface area contributed by atoms with Crippen LogP contribution in [-0.4, -0.2) is 20.3 Å². The summed E-state index contributed by atoms with van der Waals surface area (Å²) in [5.74, 6) is 1.29. The van der Waals surface area contributed by atoms with Gasteiger partial charge in [-0.1, -0.05) is 48.9 Å². The summed E-state index contributed by atoms with van der Waals surface area (Å²) in [5, 5.41) is 3.86. The van der Waals surface area contributed by atoms with Gasteiger partial charge in [0.1, 0.15) is 0 Å². The van der Waals surface area contributed by atoms with Crippen LogP contribution in [0.2, 0.25) is 5.02 Å². The minimum absolute atomic E-state index is 0.562. The molecular weight excluding hydrogens is 298 g/mol. The topological polar surface area (TPSA) is 30.5 Å². The molecule has 0 unspecified atom stereocenters. The minimum atomic E-state index is 0.562. The SMILES string of the molecule is CCNCc1cc(Cl)c(OCCc2ccccc2)c(OC)c1. The molecule has 0 aliphatic rings. The van der Waals surface area contributed by atoms with Crippen LogP contribution >= 0.6 is 11.6 Å². The average molecular weight is 320 g/mol. The van der Waals surface area contributed by atoms with E-state index in [1.54, 1.807) is 7.11 Å². The zero-order chi connectivity index (χ0) is 15.8. The van der Waals surface area contributed by atoms with Crippen LogP contribution < -0.4 is 14.8 Å². The third-order valence-electron chi connectivity index (χ3n) is 3.35. The van der Waals surface area contributed by atoms with Crippen molar-refractivity contribution in [3.05, 3.63) is 58.6 Å². The number of nitrogens with one attached hydrogen (secondary N) is 1. The molecule has 0 amide bonds. The largest absolute Gasteiger partial charge is 0.493 e. The quantitative estimate of drug-likeness (QED) is 0.795. The van der Waals surface area contributed by atoms with E-state index in [0.717, 1.165) is 25.1 Å². The van der Waals surface area contributed by atoms with E-state index in [9.17, 15) is 0 Å². The Morgan fingerprint density at radius 1 is 1.09 bits per heavy atom. The number of halogens is 1. The molecule has 0 aliphatic heterocycles. The lowest BCUT2D eigenvalue weighted by Gasteiger charge is -2.14. The molecule has 4 heteroatoms. The molecule has 0 saturated heterocycles. The Hall–Kier alpha value is -1.71. The number of ether oxygens (including phenoxy) is 2. The maximum absolute atomic E-state index is 6.34. The fourth-order valence-electron chi connectivity index (χ4n) is 2.20. The van der Waals surface area contributed by atoms with E-state index in [1.165, 1.54) is 5.56 Å². The number of methoxy groups -OCH3 is 1. The third kappa shape index (κ3) is 4.65. The van der Waals surface area contributed by atoms with Crippen LogP contribution in [0.5, 0.6) is 11.5 Å². The van der Waals surface area contributed by atoms with Crippen LogP contribution in [0, 0.1) is 0 Å². The van der Waals surface area contributed by atoms with Crippen LogP contribution in [-0.2, 0) is 13.0 Å². The highest BCUT2D eigenvalue weighted by atomic mass is 35.5. The van der Waals surface area contributed by atoms with Gasteiger partial charge in [-0.2, -0.15) is 0 Å². The number of benzene rings is 2. The van der Waals surface area contributed by atoms with Gasteiger partial charge < -0.3 is 14.8 Å². The van der Waals surface area contributed by atoms with E-state index in [1.807, 2.05) is 30.3 Å². The lowest BCUT2D eigenvalue weighted by atomic mass is 10.1. The van der Waals surface area contributed by atoms with E-state index < -0.39 is 0 Å². The molecule has 22 heavy (non-hydrogen) atoms. The van der Waals surface area contributed by atoms with Gasteiger partial charge in [-0.3, -0.25) is 0 Å². The Bertz CT molecular complexity index is 587. The fraction of sp³-hybridized carbons (Fsp3) is 0.333. The van der Waals surface area contributed by atoms with Gasteiger partial charge in [-0.15, -0.1) is 0 Å². The van der Waals surface area contributed by atoms with Gasteiger partial charge in [0.2, 0.25) is 0 Å². The molecular formula is C18H22ClNO2. The van der Waals surface area contributed by atoms with Crippen LogP contribution in [0.25, 0.3) is 0 Å². The maximum Gasteiger partial charge on any atom is 0.179 e. The molecule has 0 aliphatic carbocycles. The summed E-state index contributed by atoms with van der Waals surface area (Å²) in [6, 6.07) is 14.1. The van der Waals surface area contributed by atoms with Gasteiger partial charge >= 0.3 is 0 Å². The standard InChI is InChI=1S/C18H22ClNO2/c1-3-20-13-15-11-16(19)18(17(12-15)21-2)22-10-9-14-7-5-4-6-8-14/h4-8,11-12,20H,3,9-10,13H2,1-2H3. The van der Waals surface area contributed by atoms with Gasteiger partial charge in [0.15, 0.2) is 11.5 Å². The van der Waals surface area contributed by atoms with Crippen LogP contribution in [0.4, 0.5) is 0 Å². The predicted molar refractivity (Wildman–Crippen MR) is 91.0 cm³/mol. The Balaban J connectivity index is 2.03. The van der Waals surface area contributed by atoms with Crippen molar-refractivity contribution in [2.24, 2.45) is 0 Å². The van der Waals surface area contributed by atoms with Crippen molar-refractivity contribution in [2.45, 2.75) is 19.9 Å². The van der Waals surface area contributed by atoms with Crippen molar-refractivity contribution in [3.63, 3.8) is 0 Å². The Labute approximate surface area is 137 Å². The van der Waals surface area contributed by atoms with E-state index >= 15 is 0 Å². The zero-order valence-corrected chi connectivity index (χ0v) is 13.8. The summed E-state index contributed by atoms with van der Waals surface area (Å²) in [7, 11) is 1.63. The second-order valence-corrected chi connectivity index (χ2v) is 5.38. The van der Waals surface area contributed by atoms with Crippen molar-refractivity contribution in [3.8, 4) is 11.5 Å². The zero-order valence-electron chi connectivity index (χ0n) is 13.1. The maximum atomic E-state index is 6.34. The lowest BCUT2D eigenvalue weighted by Crippen LogP contribution is -2.12. The molecule has 1 N–H and O–H groups in total. The first kappa shape index (κ1) is 16.7. The Morgan fingerprint density at radius 3 is 2.55 bits per heavy atom. The highest BCUT2D eigenvalue weighted by Crippen LogP contribution is 2.36. The van der Waals surface area contributed by atoms with Gasteiger partial charge in [-0.25, -0.2) is 0 Å². The molecule has 2 aromatic carbocycles. The predicted octanol–water partition coefficient (Wildman–Crippen LogP) is 4.08. The van der Waals surface area contributed by atoms with Crippen LogP contribution in [0.1, 0.15) is 18.1 Å². The lowest BCUT2D eigenvalue weighted by molar-refractivity contribution is 0.297. The monoisotopic (exact) mass is 319 g/mol. The van der Waals surface area contributed by atoms with E-state index in [4.69, 9.17) is 21.1 Å². The van der Waals surface area contributed by atoms with Gasteiger partial charge in [0.05, 0.1) is 18.7 Å². The summed E-state index contributed by atoms with van der Waals surface area (Å²) in [6.07, 6.45) is 0.833. The fourth-order valence-corrected chi connectivity index (χ4v) is 2.49. The van der Waals surface area contributed by atoms with Crippen LogP contribution in [0.15, 0.2) is 42.5 Å². The first-order chi connectivity index (χ1) is 10.7. The second-order valence-electron chi connectivity index (χ2n) is 4.97. The smallest absolute Gasteiger partial charge is 0.179 e. The number of rotatable bonds is 8. The molecule has 118 valence electrons. The molecule has 0 spiro atoms. The van der Waals surface area contributed by atoms with Gasteiger partial charge in [0.25, 0.3) is 0 Å². The molecule has 0 atom stereocenters. The highest BCUT2D eigenvalue weighted by Gasteiger charge is 2.12. The molecule has 0 saturated carbocycles. The highest BCUT2D eigenvalue weighted by molar-refractivity contribution is 6.32. The number of hydrogen-bond donors (Lipinski definition) is 1. The summed E-state index contributed by atoms with van der Waals surface area (Å²) < 4.78 is 11.3. The summed E-state index contributed by atoms with van der Waals surface area (Å²) in [5.41, 5.74) is 2.32. The summed E-state index contributed by atoms with van der Waals surface area (Å²) >= 11 is 6.34. The Kier molecular flexibility index (Phi) is 6.56. The molecule has 3 nitrogen and oxygen atoms in total. The second kappa shape index (κ2) is 8.66. The van der Waals surface area contributed by atoms with E-state index in [2.05, 4.69) is 24.4 Å². The van der Waals surface area contributed by atoms with Gasteiger partial charge in [-0.05, 0) is 29.8 Å². The first-order valence-electron chi connectivity index (χ1n) is 7.48. The van der Waals surface area contributed by atoms with Gasteiger partial charge in [0, 0.05) is 13.0 Å². The molecule has 0 radical (unpaired) electrons. The molecule has 0 aromatic heterocycles. The van der Waals surface area contributed by atoms with Crippen molar-refractivity contribution >= 4 is 11.6 Å². The van der Waals surface area contributed by atoms with Crippen molar-refractivity contribution in [1.29, 1.82) is 0 Å². The number of hydrogen-bond acceptors (Lipinski definition) is 3.